The van der Waals surface area contributed by atoms with E-state index >= 15 is 0 Å². The number of nitrogens with two attached hydrogens (primary N) is 1. The number of nitrogens with one attached hydrogen (secondary N) is 3. The van der Waals surface area contributed by atoms with Gasteiger partial charge in [-0.2, -0.15) is 0 Å². The zero-order valence-corrected chi connectivity index (χ0v) is 21.0. The Morgan fingerprint density at radius 3 is 2.24 bits per heavy atom. The van der Waals surface area contributed by atoms with Gasteiger partial charge in [0.25, 0.3) is 0 Å². The molecule has 0 heterocycles. The molecule has 0 saturated heterocycles. The van der Waals surface area contributed by atoms with Crippen molar-refractivity contribution in [3.8, 4) is 0 Å². The van der Waals surface area contributed by atoms with Crippen LogP contribution in [0.5, 0.6) is 0 Å². The minimum Gasteiger partial charge on any atom is -0.444 e. The lowest BCUT2D eigenvalue weighted by Crippen LogP contribution is -2.55. The first-order valence-corrected chi connectivity index (χ1v) is 11.1. The van der Waals surface area contributed by atoms with Crippen LogP contribution in [-0.4, -0.2) is 73.1 Å². The molecule has 0 unspecified atom stereocenters. The van der Waals surface area contributed by atoms with Crippen LogP contribution in [0.25, 0.3) is 0 Å². The highest BCUT2D eigenvalue weighted by Crippen LogP contribution is 2.14. The van der Waals surface area contributed by atoms with Crippen LogP contribution in [-0.2, 0) is 19.1 Å². The van der Waals surface area contributed by atoms with E-state index in [1.165, 1.54) is 25.1 Å². The summed E-state index contributed by atoms with van der Waals surface area (Å²) in [4.78, 5) is 50.5. The van der Waals surface area contributed by atoms with Crippen molar-refractivity contribution >= 4 is 23.8 Å². The predicted molar refractivity (Wildman–Crippen MR) is 128 cm³/mol. The number of carbonyl (C=O) groups is 4. The van der Waals surface area contributed by atoms with Gasteiger partial charge in [0, 0.05) is 20.6 Å². The molecule has 188 valence electrons. The van der Waals surface area contributed by atoms with Crippen molar-refractivity contribution in [2.24, 2.45) is 5.73 Å². The number of hydrogen-bond donors (Lipinski definition) is 4. The maximum atomic E-state index is 12.9. The topological polar surface area (TPSA) is 143 Å². The number of amides is 4. The number of allylic oxidation sites excluding steroid dienone is 1. The lowest BCUT2D eigenvalue weighted by atomic mass is 10.0. The number of carbonyl (C=O) groups excluding carboxylic acids is 4. The first-order valence-electron chi connectivity index (χ1n) is 11.1. The fraction of sp³-hybridized carbons (Fsp3) is 0.652. The van der Waals surface area contributed by atoms with E-state index in [-0.39, 0.29) is 5.91 Å². The number of nitrogens with zero attached hydrogens (tertiary/aromatic N) is 1. The fourth-order valence-electron chi connectivity index (χ4n) is 3.02. The van der Waals surface area contributed by atoms with Crippen LogP contribution in [0.1, 0.15) is 53.9 Å². The number of ether oxygens (including phenoxy) is 1. The molecule has 0 aliphatic heterocycles. The van der Waals surface area contributed by atoms with Crippen LogP contribution in [0, 0.1) is 0 Å². The second kappa shape index (κ2) is 14.3. The van der Waals surface area contributed by atoms with E-state index in [9.17, 15) is 19.2 Å². The third-order valence-electron chi connectivity index (χ3n) is 4.79. The molecule has 3 atom stereocenters. The van der Waals surface area contributed by atoms with Gasteiger partial charge >= 0.3 is 6.09 Å². The highest BCUT2D eigenvalue weighted by molar-refractivity contribution is 5.95. The molecule has 0 fully saturated rings. The molecule has 10 nitrogen and oxygen atoms in total. The SMILES string of the molecule is C=C/C(=C\C)[C@@H](C(=O)N[C@@H](C)C(=O)NC)N(C)C(=O)[C@@H](N)CCCCNC(=O)OC(C)(C)C. The fourth-order valence-corrected chi connectivity index (χ4v) is 3.02. The van der Waals surface area contributed by atoms with Crippen molar-refractivity contribution in [1.82, 2.24) is 20.9 Å². The molecule has 0 radical (unpaired) electrons. The van der Waals surface area contributed by atoms with Crippen LogP contribution in [0.3, 0.4) is 0 Å². The van der Waals surface area contributed by atoms with Gasteiger partial charge in [-0.05, 0) is 59.5 Å². The normalized spacial score (nSPS) is 14.4. The monoisotopic (exact) mass is 467 g/mol. The molecule has 33 heavy (non-hydrogen) atoms. The Hall–Kier alpha value is -2.88. The van der Waals surface area contributed by atoms with E-state index in [1.54, 1.807) is 40.7 Å². The molecule has 0 rings (SSSR count). The van der Waals surface area contributed by atoms with Crippen molar-refractivity contribution in [2.75, 3.05) is 20.6 Å². The molecule has 0 bridgehead atoms. The number of hydrogen-bond acceptors (Lipinski definition) is 6. The molecule has 0 aliphatic rings. The van der Waals surface area contributed by atoms with E-state index in [0.29, 0.717) is 31.4 Å². The van der Waals surface area contributed by atoms with E-state index in [2.05, 4.69) is 22.5 Å². The second-order valence-electron chi connectivity index (χ2n) is 8.72. The highest BCUT2D eigenvalue weighted by atomic mass is 16.6. The van der Waals surface area contributed by atoms with Gasteiger partial charge in [-0.25, -0.2) is 4.79 Å². The van der Waals surface area contributed by atoms with E-state index in [4.69, 9.17) is 10.5 Å². The van der Waals surface area contributed by atoms with Crippen molar-refractivity contribution in [3.05, 3.63) is 24.3 Å². The van der Waals surface area contributed by atoms with Gasteiger partial charge in [0.2, 0.25) is 17.7 Å². The minimum absolute atomic E-state index is 0.353. The van der Waals surface area contributed by atoms with E-state index < -0.39 is 41.6 Å². The predicted octanol–water partition coefficient (Wildman–Crippen LogP) is 1.22. The van der Waals surface area contributed by atoms with E-state index in [0.717, 1.165) is 0 Å². The summed E-state index contributed by atoms with van der Waals surface area (Å²) in [6, 6.07) is -2.58. The van der Waals surface area contributed by atoms with Crippen molar-refractivity contribution in [1.29, 1.82) is 0 Å². The first-order chi connectivity index (χ1) is 15.3. The van der Waals surface area contributed by atoms with Gasteiger partial charge < -0.3 is 31.3 Å². The van der Waals surface area contributed by atoms with Gasteiger partial charge in [-0.1, -0.05) is 18.7 Å². The molecule has 10 heteroatoms. The Balaban J connectivity index is 4.96. The summed E-state index contributed by atoms with van der Waals surface area (Å²) >= 11 is 0. The van der Waals surface area contributed by atoms with Gasteiger partial charge in [-0.3, -0.25) is 14.4 Å². The van der Waals surface area contributed by atoms with E-state index in [1.807, 2.05) is 0 Å². The Bertz CT molecular complexity index is 729. The molecule has 0 aromatic rings. The van der Waals surface area contributed by atoms with Gasteiger partial charge in [-0.15, -0.1) is 0 Å². The Kier molecular flexibility index (Phi) is 13.1. The quantitative estimate of drug-likeness (QED) is 0.251. The van der Waals surface area contributed by atoms with Crippen LogP contribution < -0.4 is 21.7 Å². The third kappa shape index (κ3) is 11.0. The van der Waals surface area contributed by atoms with Crippen LogP contribution in [0.15, 0.2) is 24.3 Å². The summed E-state index contributed by atoms with van der Waals surface area (Å²) < 4.78 is 5.16. The van der Waals surface area contributed by atoms with Crippen LogP contribution in [0.2, 0.25) is 0 Å². The van der Waals surface area contributed by atoms with Crippen LogP contribution in [0.4, 0.5) is 4.79 Å². The van der Waals surface area contributed by atoms with Crippen molar-refractivity contribution in [2.45, 2.75) is 77.6 Å². The summed E-state index contributed by atoms with van der Waals surface area (Å²) in [6.07, 6.45) is 4.27. The molecule has 0 aliphatic carbocycles. The second-order valence-corrected chi connectivity index (χ2v) is 8.72. The molecule has 0 spiro atoms. The summed E-state index contributed by atoms with van der Waals surface area (Å²) in [6.45, 7) is 12.7. The zero-order chi connectivity index (χ0) is 25.8. The Labute approximate surface area is 197 Å². The molecule has 0 saturated carbocycles. The maximum absolute atomic E-state index is 12.9. The third-order valence-corrected chi connectivity index (χ3v) is 4.79. The Morgan fingerprint density at radius 1 is 1.15 bits per heavy atom. The zero-order valence-electron chi connectivity index (χ0n) is 21.0. The largest absolute Gasteiger partial charge is 0.444 e. The number of rotatable bonds is 12. The molecule has 5 N–H and O–H groups in total. The summed E-state index contributed by atoms with van der Waals surface area (Å²) in [5.74, 6) is -1.28. The smallest absolute Gasteiger partial charge is 0.407 e. The maximum Gasteiger partial charge on any atom is 0.407 e. The minimum atomic E-state index is -0.980. The average Bonchev–Trinajstić information content (AvgIpc) is 2.73. The lowest BCUT2D eigenvalue weighted by Gasteiger charge is -2.31. The summed E-state index contributed by atoms with van der Waals surface area (Å²) in [5.41, 5.74) is 6.04. The first kappa shape index (κ1) is 30.1. The lowest BCUT2D eigenvalue weighted by molar-refractivity contribution is -0.139. The number of alkyl carbamates (subject to hydrolysis) is 1. The van der Waals surface area contributed by atoms with Crippen LogP contribution >= 0.6 is 0 Å². The van der Waals surface area contributed by atoms with Gasteiger partial charge in [0.1, 0.15) is 17.7 Å². The molecular formula is C23H41N5O5. The molecule has 0 aromatic heterocycles. The van der Waals surface area contributed by atoms with Gasteiger partial charge in [0.15, 0.2) is 0 Å². The molecule has 0 aromatic carbocycles. The van der Waals surface area contributed by atoms with Gasteiger partial charge in [0.05, 0.1) is 6.04 Å². The van der Waals surface area contributed by atoms with Crippen molar-refractivity contribution in [3.63, 3.8) is 0 Å². The summed E-state index contributed by atoms with van der Waals surface area (Å²) in [7, 11) is 2.97. The molecular weight excluding hydrogens is 426 g/mol. The van der Waals surface area contributed by atoms with Crippen molar-refractivity contribution < 1.29 is 23.9 Å². The summed E-state index contributed by atoms with van der Waals surface area (Å²) in [5, 5.41) is 7.74. The highest BCUT2D eigenvalue weighted by Gasteiger charge is 2.32. The Morgan fingerprint density at radius 2 is 1.76 bits per heavy atom. The average molecular weight is 468 g/mol. The number of likely N-dealkylation sites (N-methyl/N-ethyl adjacent to an activating group) is 2. The standard InChI is InChI=1S/C23H41N5O5/c1-9-16(10-2)18(20(30)27-15(3)19(29)25-7)28(8)21(31)17(24)13-11-12-14-26-22(32)33-23(4,5)6/h9-10,15,17-18H,1,11-14,24H2,2-8H3,(H,25,29)(H,26,32)(H,27,30)/b16-10+/t15-,17-,18-/m0/s1. The molecule has 4 amide bonds. The number of unbranched alkanes of at least 4 members (excludes halogenated alkanes) is 1.